The molecule has 6 aromatic rings. The Hall–Kier alpha value is -13.0. The molecule has 3 saturated heterocycles. The zero-order chi connectivity index (χ0) is 94.7. The van der Waals surface area contributed by atoms with Gasteiger partial charge in [-0.15, -0.1) is 11.8 Å². The number of unbranched alkanes of at least 4 members (excludes halogenated alkanes) is 2. The second-order valence-electron chi connectivity index (χ2n) is 33.5. The highest BCUT2D eigenvalue weighted by atomic mass is 32.2. The Labute approximate surface area is 756 Å². The number of carbonyl (C=O) groups is 17. The Balaban J connectivity index is 1.08. The van der Waals surface area contributed by atoms with Gasteiger partial charge in [0.05, 0.1) is 37.3 Å². The predicted molar refractivity (Wildman–Crippen MR) is 478 cm³/mol. The largest absolute Gasteiger partial charge is 0.508 e. The molecule has 6 heterocycles. The molecule has 3 aromatic carbocycles. The topological polar surface area (TPSA) is 605 Å². The summed E-state index contributed by atoms with van der Waals surface area (Å²) in [4.78, 5) is 267. The van der Waals surface area contributed by atoms with Crippen LogP contribution in [-0.2, 0) is 107 Å². The molecule has 0 bridgehead atoms. The Morgan fingerprint density at radius 3 is 1.57 bits per heavy atom. The first-order chi connectivity index (χ1) is 62.0. The molecule has 17 amide bonds. The van der Waals surface area contributed by atoms with Crippen molar-refractivity contribution in [1.82, 2.24) is 97.6 Å². The molecule has 0 saturated carbocycles. The number of phenolic OH excluding ortho intramolecular Hbond substituents is 1. The third-order valence-corrected chi connectivity index (χ3v) is 24.6. The first-order valence-electron chi connectivity index (χ1n) is 43.8. The number of para-hydroxylation sites is 2. The van der Waals surface area contributed by atoms with Crippen LogP contribution < -0.4 is 70.4 Å². The Morgan fingerprint density at radius 1 is 0.531 bits per heavy atom. The molecule has 14 atom stereocenters. The minimum Gasteiger partial charge on any atom is -0.508 e. The number of nitrogens with one attached hydrogen (secondary N) is 13. The normalized spacial score (nSPS) is 24.7. The van der Waals surface area contributed by atoms with Crippen molar-refractivity contribution >= 4 is 134 Å². The number of carbonyl (C=O) groups excluding carboxylic acids is 17. The summed E-state index contributed by atoms with van der Waals surface area (Å²) in [5.74, 6) is -16.9. The molecule has 3 aromatic heterocycles. The third kappa shape index (κ3) is 27.1. The van der Waals surface area contributed by atoms with Crippen molar-refractivity contribution in [2.24, 2.45) is 23.1 Å². The number of primary amides is 2. The quantitative estimate of drug-likeness (QED) is 0.0324. The predicted octanol–water partition coefficient (Wildman–Crippen LogP) is -2.20. The molecule has 3 aliphatic rings. The lowest BCUT2D eigenvalue weighted by Gasteiger charge is -2.36. The van der Waals surface area contributed by atoms with Crippen LogP contribution in [0.3, 0.4) is 0 Å². The van der Waals surface area contributed by atoms with Gasteiger partial charge in [-0.25, -0.2) is 4.98 Å². The van der Waals surface area contributed by atoms with E-state index in [4.69, 9.17) is 17.2 Å². The molecular formula is C88H122N22O19S. The van der Waals surface area contributed by atoms with E-state index in [-0.39, 0.29) is 101 Å². The maximum absolute atomic E-state index is 15.6. The van der Waals surface area contributed by atoms with Gasteiger partial charge in [-0.05, 0) is 98.7 Å². The van der Waals surface area contributed by atoms with Crippen molar-refractivity contribution in [2.45, 2.75) is 222 Å². The van der Waals surface area contributed by atoms with Crippen LogP contribution in [0.1, 0.15) is 134 Å². The van der Waals surface area contributed by atoms with Gasteiger partial charge in [-0.1, -0.05) is 102 Å². The second-order valence-corrected chi connectivity index (χ2v) is 34.5. The van der Waals surface area contributed by atoms with Crippen molar-refractivity contribution < 1.29 is 91.7 Å². The van der Waals surface area contributed by atoms with Crippen LogP contribution in [0.25, 0.3) is 21.8 Å². The molecule has 0 aliphatic carbocycles. The number of H-pyrrole nitrogens is 3. The summed E-state index contributed by atoms with van der Waals surface area (Å²) in [5, 5.41) is 49.1. The van der Waals surface area contributed by atoms with Gasteiger partial charge in [0.15, 0.2) is 0 Å². The molecule has 0 radical (unpaired) electrons. The lowest BCUT2D eigenvalue weighted by molar-refractivity contribution is -0.149. The molecular weight excluding hydrogens is 1700 g/mol. The van der Waals surface area contributed by atoms with Gasteiger partial charge in [0.25, 0.3) is 0 Å². The minimum atomic E-state index is -1.84. The van der Waals surface area contributed by atoms with Crippen molar-refractivity contribution in [3.63, 3.8) is 0 Å². The zero-order valence-corrected chi connectivity index (χ0v) is 75.1. The zero-order valence-electron chi connectivity index (χ0n) is 74.3. The minimum absolute atomic E-state index is 0.00116. The Morgan fingerprint density at radius 2 is 1.02 bits per heavy atom. The first kappa shape index (κ1) is 101. The monoisotopic (exact) mass is 1820 g/mol. The van der Waals surface area contributed by atoms with Crippen molar-refractivity contribution in [2.75, 3.05) is 65.4 Å². The van der Waals surface area contributed by atoms with Gasteiger partial charge >= 0.3 is 0 Å². The van der Waals surface area contributed by atoms with Gasteiger partial charge in [-0.3, -0.25) is 81.5 Å². The van der Waals surface area contributed by atoms with Gasteiger partial charge in [0.1, 0.15) is 90.3 Å². The van der Waals surface area contributed by atoms with Crippen molar-refractivity contribution in [3.8, 4) is 5.75 Å². The Bertz CT molecular complexity index is 5030. The van der Waals surface area contributed by atoms with Crippen LogP contribution in [0.5, 0.6) is 5.75 Å². The number of phenols is 1. The van der Waals surface area contributed by atoms with Crippen LogP contribution in [0.4, 0.5) is 0 Å². The number of likely N-dealkylation sites (N-methyl/N-ethyl adjacent to an activating group) is 3. The highest BCUT2D eigenvalue weighted by Gasteiger charge is 2.46. The van der Waals surface area contributed by atoms with Gasteiger partial charge < -0.3 is 120 Å². The molecule has 0 unspecified atom stereocenters. The maximum Gasteiger partial charge on any atom is 0.246 e. The van der Waals surface area contributed by atoms with E-state index in [1.165, 1.54) is 69.8 Å². The van der Waals surface area contributed by atoms with Crippen LogP contribution >= 0.6 is 11.8 Å². The summed E-state index contributed by atoms with van der Waals surface area (Å²) >= 11 is 0.765. The number of aliphatic hydroxyl groups is 1. The van der Waals surface area contributed by atoms with E-state index in [1.807, 2.05) is 13.8 Å². The summed E-state index contributed by atoms with van der Waals surface area (Å²) in [6.07, 6.45) is 6.56. The van der Waals surface area contributed by atoms with Crippen LogP contribution in [0.2, 0.25) is 0 Å². The average molecular weight is 1820 g/mol. The molecule has 130 heavy (non-hydrogen) atoms. The fourth-order valence-corrected chi connectivity index (χ4v) is 17.1. The number of nitrogens with zero attached hydrogens (tertiary/aromatic N) is 6. The molecule has 41 nitrogen and oxygen atoms in total. The number of fused-ring (bicyclic) bond motifs is 4. The molecule has 9 rings (SSSR count). The molecule has 704 valence electrons. The van der Waals surface area contributed by atoms with E-state index in [0.29, 0.717) is 64.2 Å². The van der Waals surface area contributed by atoms with E-state index in [0.717, 1.165) is 31.4 Å². The molecule has 0 spiro atoms. The highest BCUT2D eigenvalue weighted by Crippen LogP contribution is 2.28. The lowest BCUT2D eigenvalue weighted by Crippen LogP contribution is -2.62. The average Bonchev–Trinajstić information content (AvgIpc) is 1.69. The maximum atomic E-state index is 15.6. The fraction of sp³-hybridized carbons (Fsp3) is 0.523. The fourth-order valence-electron chi connectivity index (χ4n) is 16.2. The highest BCUT2D eigenvalue weighted by molar-refractivity contribution is 8.00. The summed E-state index contributed by atoms with van der Waals surface area (Å²) in [6, 6.07) is -1.30. The number of aromatic amines is 3. The number of benzene rings is 3. The smallest absolute Gasteiger partial charge is 0.246 e. The summed E-state index contributed by atoms with van der Waals surface area (Å²) in [5.41, 5.74) is 20.4. The molecule has 21 N–H and O–H groups in total. The van der Waals surface area contributed by atoms with Crippen LogP contribution in [0, 0.1) is 5.92 Å². The second kappa shape index (κ2) is 47.9. The number of aliphatic hydroxyl groups excluding tert-OH is 1. The SMILES string of the molecule is CCCC[C@H]1C(=O)N(C)[C@@H](CCCC)C(=O)N[C@@H](CN)C(=O)N[C@H](C(=O)NCC(N)=O)CSCC(=O)N[C@@H](Cc2ccc(O)cc2)C(=O)N(C)[C@@H](C)C(=O)N[C@H](CC(N)=O)C(=O)N2CCC[C@H]2C(=O)N[C@@H](Cc2c[nH]cn2)C(=O)N[C@@H](CC(C)C)C(=O)N2CCC[C@H]2C(=O)N[C@@H](Cc2c[nH]c3ccccc23)C(=O)N[C@@H](CO)C(=O)N[C@@H](Cc2c[nH]c3ccccc23)C(=O)N1C. The van der Waals surface area contributed by atoms with Gasteiger partial charge in [0, 0.05) is 113 Å². The lowest BCUT2D eigenvalue weighted by atomic mass is 10.00. The number of rotatable bonds is 23. The van der Waals surface area contributed by atoms with Gasteiger partial charge in [-0.2, -0.15) is 0 Å². The molecule has 42 heteroatoms. The number of imidazole rings is 1. The number of thioether (sulfide) groups is 1. The number of hydrogen-bond acceptors (Lipinski definition) is 22. The number of amides is 17. The van der Waals surface area contributed by atoms with E-state index < -0.39 is 223 Å². The van der Waals surface area contributed by atoms with Crippen molar-refractivity contribution in [1.29, 1.82) is 0 Å². The van der Waals surface area contributed by atoms with E-state index in [9.17, 15) is 58.2 Å². The molecule has 3 aliphatic heterocycles. The first-order valence-corrected chi connectivity index (χ1v) is 44.9. The van der Waals surface area contributed by atoms with E-state index in [1.54, 1.807) is 74.8 Å². The standard InChI is InChI=1S/C88H122N22O19S/c1-9-11-23-68-81(122)103-65(39-89)79(120)105-67(76(117)95-43-73(91)114)45-130-46-74(115)97-62(34-50-27-29-54(112)30-28-50)84(125)106(6)49(5)75(116)100-64(38-72(90)113)87(128)110-32-18-26-70(110)83(124)99-60(37-53-42-92-47-96-53)78(119)101-61(33-48(3)4)86(127)109-31-17-25-69(109)82(123)98-59(35-51-40-93-57-21-15-13-19-55(51)57)77(118)104-66(44-111)80(121)102-63(36-52-41-94-58-22-16-14-20-56(52)58)85(126)108(8)71(24-12-10-2)88(129)107(68)7/h13-16,19-22,27-30,40-42,47-49,59-71,93-94,111-112H,9-12,17-18,23-26,31-39,43-46,89H2,1-8H3,(H2,90,113)(H2,91,114)(H,92,96)(H,95,117)(H,97,115)(H,98,123)(H,99,124)(H,100,116)(H,101,119)(H,102,121)(H,103,122)(H,104,118)(H,105,120)/t49-,59-,60-,61-,62-,63-,64+,65-,66-,67-,68-,69-,70-,71-/m0/s1. The van der Waals surface area contributed by atoms with Crippen LogP contribution in [0.15, 0.2) is 97.7 Å². The summed E-state index contributed by atoms with van der Waals surface area (Å²) < 4.78 is 0. The van der Waals surface area contributed by atoms with Crippen LogP contribution in [-0.4, -0.2) is 305 Å². The van der Waals surface area contributed by atoms with Gasteiger partial charge in [0.2, 0.25) is 100 Å². The number of hydrogen-bond donors (Lipinski definition) is 18. The summed E-state index contributed by atoms with van der Waals surface area (Å²) in [6.45, 7) is 6.09. The Kier molecular flexibility index (Phi) is 37.1. The third-order valence-electron chi connectivity index (χ3n) is 23.5. The number of aromatic hydroxyl groups is 1. The van der Waals surface area contributed by atoms with E-state index in [2.05, 4.69) is 73.1 Å². The number of nitrogens with two attached hydrogens (primary N) is 3. The number of aromatic nitrogens is 4. The summed E-state index contributed by atoms with van der Waals surface area (Å²) in [7, 11) is 3.93. The van der Waals surface area contributed by atoms with E-state index >= 15 is 33.6 Å². The van der Waals surface area contributed by atoms with Crippen molar-refractivity contribution in [3.05, 3.63) is 120 Å². The molecule has 3 fully saturated rings.